The molecule has 2 aliphatic rings. The summed E-state index contributed by atoms with van der Waals surface area (Å²) in [6.07, 6.45) is 8.95. The Morgan fingerprint density at radius 1 is 1.03 bits per heavy atom. The third kappa shape index (κ3) is 4.04. The summed E-state index contributed by atoms with van der Waals surface area (Å²) in [4.78, 5) is 29.7. The third-order valence-corrected chi connectivity index (χ3v) is 7.26. The van der Waals surface area contributed by atoms with Crippen LogP contribution in [0.15, 0.2) is 58.5 Å². The molecule has 0 spiro atoms. The number of amides is 2. The van der Waals surface area contributed by atoms with E-state index in [1.165, 1.54) is 28.7 Å². The van der Waals surface area contributed by atoms with Gasteiger partial charge in [0, 0.05) is 16.6 Å². The summed E-state index contributed by atoms with van der Waals surface area (Å²) in [6, 6.07) is 12.8. The first-order valence-corrected chi connectivity index (χ1v) is 11.9. The number of nitrogens with one attached hydrogen (secondary N) is 1. The molecule has 5 nitrogen and oxygen atoms in total. The predicted molar refractivity (Wildman–Crippen MR) is 121 cm³/mol. The number of carbonyl (C=O) groups excluding carboxylic acids is 2. The molecule has 2 heterocycles. The van der Waals surface area contributed by atoms with Crippen molar-refractivity contribution in [3.8, 4) is 0 Å². The lowest BCUT2D eigenvalue weighted by Crippen LogP contribution is -2.46. The van der Waals surface area contributed by atoms with E-state index < -0.39 is 6.04 Å². The van der Waals surface area contributed by atoms with E-state index >= 15 is 0 Å². The SMILES string of the molecule is O=C(NC1CCCC1)[C@@H](c1cccs1)N(C(=O)c1ccco1)c1ccc2c(c1)CCC2. The Hall–Kier alpha value is -2.86. The van der Waals surface area contributed by atoms with Crippen molar-refractivity contribution < 1.29 is 14.0 Å². The maximum absolute atomic E-state index is 13.6. The number of fused-ring (bicyclic) bond motifs is 1. The van der Waals surface area contributed by atoms with Crippen LogP contribution in [0.1, 0.15) is 64.7 Å². The molecule has 0 unspecified atom stereocenters. The summed E-state index contributed by atoms with van der Waals surface area (Å²) in [7, 11) is 0. The molecule has 160 valence electrons. The number of furan rings is 1. The van der Waals surface area contributed by atoms with Crippen molar-refractivity contribution in [3.63, 3.8) is 0 Å². The van der Waals surface area contributed by atoms with E-state index in [2.05, 4.69) is 17.4 Å². The van der Waals surface area contributed by atoms with Crippen LogP contribution >= 0.6 is 11.3 Å². The normalized spacial score (nSPS) is 16.8. The molecule has 2 amide bonds. The van der Waals surface area contributed by atoms with E-state index in [9.17, 15) is 9.59 Å². The van der Waals surface area contributed by atoms with Crippen molar-refractivity contribution in [2.24, 2.45) is 0 Å². The first-order chi connectivity index (χ1) is 15.2. The van der Waals surface area contributed by atoms with Gasteiger partial charge < -0.3 is 9.73 Å². The number of rotatable bonds is 6. The fourth-order valence-corrected chi connectivity index (χ4v) is 5.59. The predicted octanol–water partition coefficient (Wildman–Crippen LogP) is 5.28. The van der Waals surface area contributed by atoms with Crippen LogP contribution in [0.25, 0.3) is 0 Å². The van der Waals surface area contributed by atoms with E-state index in [1.807, 2.05) is 23.6 Å². The summed E-state index contributed by atoms with van der Waals surface area (Å²) >= 11 is 1.50. The van der Waals surface area contributed by atoms with E-state index in [0.29, 0.717) is 0 Å². The molecule has 2 aliphatic carbocycles. The van der Waals surface area contributed by atoms with E-state index in [1.54, 1.807) is 17.0 Å². The molecular weight excluding hydrogens is 408 g/mol. The molecule has 0 bridgehead atoms. The monoisotopic (exact) mass is 434 g/mol. The number of benzene rings is 1. The number of aryl methyl sites for hydroxylation is 2. The maximum atomic E-state index is 13.6. The van der Waals surface area contributed by atoms with E-state index in [-0.39, 0.29) is 23.6 Å². The fraction of sp³-hybridized carbons (Fsp3) is 0.360. The lowest BCUT2D eigenvalue weighted by atomic mass is 10.1. The van der Waals surface area contributed by atoms with Gasteiger partial charge in [0.25, 0.3) is 5.91 Å². The molecule has 0 radical (unpaired) electrons. The van der Waals surface area contributed by atoms with Gasteiger partial charge in [0.05, 0.1) is 6.26 Å². The first kappa shape index (κ1) is 20.1. The van der Waals surface area contributed by atoms with Gasteiger partial charge in [-0.2, -0.15) is 0 Å². The number of hydrogen-bond acceptors (Lipinski definition) is 4. The van der Waals surface area contributed by atoms with Gasteiger partial charge in [0.1, 0.15) is 0 Å². The molecule has 1 aromatic carbocycles. The lowest BCUT2D eigenvalue weighted by molar-refractivity contribution is -0.123. The van der Waals surface area contributed by atoms with Gasteiger partial charge in [-0.3, -0.25) is 14.5 Å². The number of anilines is 1. The minimum absolute atomic E-state index is 0.130. The molecule has 6 heteroatoms. The van der Waals surface area contributed by atoms with Crippen molar-refractivity contribution in [3.05, 3.63) is 75.9 Å². The van der Waals surface area contributed by atoms with E-state index in [4.69, 9.17) is 4.42 Å². The Balaban J connectivity index is 1.57. The highest BCUT2D eigenvalue weighted by molar-refractivity contribution is 7.10. The second-order valence-electron chi connectivity index (χ2n) is 8.37. The fourth-order valence-electron chi connectivity index (χ4n) is 4.78. The molecule has 3 aromatic rings. The quantitative estimate of drug-likeness (QED) is 0.574. The largest absolute Gasteiger partial charge is 0.459 e. The van der Waals surface area contributed by atoms with Gasteiger partial charge in [0.2, 0.25) is 5.91 Å². The van der Waals surface area contributed by atoms with Crippen molar-refractivity contribution in [2.75, 3.05) is 4.90 Å². The van der Waals surface area contributed by atoms with Crippen LogP contribution < -0.4 is 10.2 Å². The number of hydrogen-bond donors (Lipinski definition) is 1. The summed E-state index contributed by atoms with van der Waals surface area (Å²) in [5, 5.41) is 5.16. The highest BCUT2D eigenvalue weighted by Crippen LogP contribution is 2.35. The Morgan fingerprint density at radius 2 is 1.87 bits per heavy atom. The van der Waals surface area contributed by atoms with Gasteiger partial charge in [-0.1, -0.05) is 25.0 Å². The lowest BCUT2D eigenvalue weighted by Gasteiger charge is -2.31. The van der Waals surface area contributed by atoms with Gasteiger partial charge in [-0.25, -0.2) is 0 Å². The zero-order valence-corrected chi connectivity index (χ0v) is 18.2. The van der Waals surface area contributed by atoms with Gasteiger partial charge in [-0.15, -0.1) is 11.3 Å². The van der Waals surface area contributed by atoms with Crippen LogP contribution in [-0.2, 0) is 17.6 Å². The van der Waals surface area contributed by atoms with Crippen LogP contribution in [0, 0.1) is 0 Å². The average Bonchev–Trinajstić information content (AvgIpc) is 3.57. The summed E-state index contributed by atoms with van der Waals surface area (Å²) in [5.41, 5.74) is 3.33. The highest BCUT2D eigenvalue weighted by atomic mass is 32.1. The molecular formula is C25H26N2O3S. The zero-order chi connectivity index (χ0) is 21.2. The van der Waals surface area contributed by atoms with Gasteiger partial charge in [0.15, 0.2) is 11.8 Å². The molecule has 0 saturated heterocycles. The van der Waals surface area contributed by atoms with Crippen molar-refractivity contribution >= 4 is 28.8 Å². The molecule has 5 rings (SSSR count). The standard InChI is InChI=1S/C25H26N2O3S/c28-24(26-19-8-1-2-9-19)23(22-11-5-15-31-22)27(25(29)21-10-4-14-30-21)20-13-12-17-6-3-7-18(17)16-20/h4-5,10-16,19,23H,1-3,6-9H2,(H,26,28)/t23-/m1/s1. The van der Waals surface area contributed by atoms with Crippen molar-refractivity contribution in [1.29, 1.82) is 0 Å². The highest BCUT2D eigenvalue weighted by Gasteiger charge is 2.36. The second kappa shape index (κ2) is 8.71. The Labute approximate surface area is 186 Å². The Kier molecular flexibility index (Phi) is 5.64. The number of nitrogens with zero attached hydrogens (tertiary/aromatic N) is 1. The van der Waals surface area contributed by atoms with Crippen LogP contribution in [-0.4, -0.2) is 17.9 Å². The van der Waals surface area contributed by atoms with Crippen LogP contribution in [0.4, 0.5) is 5.69 Å². The third-order valence-electron chi connectivity index (χ3n) is 6.33. The number of carbonyl (C=O) groups is 2. The Morgan fingerprint density at radius 3 is 2.61 bits per heavy atom. The molecule has 1 saturated carbocycles. The van der Waals surface area contributed by atoms with Crippen LogP contribution in [0.5, 0.6) is 0 Å². The minimum Gasteiger partial charge on any atom is -0.459 e. The molecule has 1 atom stereocenters. The average molecular weight is 435 g/mol. The number of thiophene rings is 1. The van der Waals surface area contributed by atoms with Crippen molar-refractivity contribution in [1.82, 2.24) is 5.32 Å². The molecule has 2 aromatic heterocycles. The zero-order valence-electron chi connectivity index (χ0n) is 17.4. The summed E-state index contributed by atoms with van der Waals surface area (Å²) < 4.78 is 5.45. The smallest absolute Gasteiger partial charge is 0.295 e. The molecule has 1 N–H and O–H groups in total. The summed E-state index contributed by atoms with van der Waals surface area (Å²) in [6.45, 7) is 0. The first-order valence-electron chi connectivity index (χ1n) is 11.0. The second-order valence-corrected chi connectivity index (χ2v) is 9.35. The summed E-state index contributed by atoms with van der Waals surface area (Å²) in [5.74, 6) is -0.201. The molecule has 0 aliphatic heterocycles. The van der Waals surface area contributed by atoms with Gasteiger partial charge >= 0.3 is 0 Å². The molecule has 31 heavy (non-hydrogen) atoms. The maximum Gasteiger partial charge on any atom is 0.295 e. The van der Waals surface area contributed by atoms with Gasteiger partial charge in [-0.05, 0) is 78.9 Å². The Bertz CT molecular complexity index is 1050. The topological polar surface area (TPSA) is 62.6 Å². The van der Waals surface area contributed by atoms with E-state index in [0.717, 1.165) is 55.5 Å². The minimum atomic E-state index is -0.738. The molecule has 1 fully saturated rings. The van der Waals surface area contributed by atoms with Crippen molar-refractivity contribution in [2.45, 2.75) is 57.0 Å². The van der Waals surface area contributed by atoms with Crippen LogP contribution in [0.2, 0.25) is 0 Å². The van der Waals surface area contributed by atoms with Crippen LogP contribution in [0.3, 0.4) is 0 Å².